The molecule has 2 rings (SSSR count). The third-order valence-corrected chi connectivity index (χ3v) is 5.00. The van der Waals surface area contributed by atoms with Crippen molar-refractivity contribution < 1.29 is 9.90 Å². The van der Waals surface area contributed by atoms with Gasteiger partial charge in [0.2, 0.25) is 5.91 Å². The summed E-state index contributed by atoms with van der Waals surface area (Å²) < 4.78 is 0. The first-order valence-corrected chi connectivity index (χ1v) is 8.40. The molecule has 1 aromatic rings. The molecule has 1 heterocycles. The standard InChI is InChI=1S/C17H23NO2S/c1-13-5-7-15(8-6-13)17(20)18(2)11-14-10-16(21-12-14)4-3-9-19/h10,12-13,15,19H,5-9,11H2,1-2H3. The Morgan fingerprint density at radius 1 is 1.43 bits per heavy atom. The van der Waals surface area contributed by atoms with Gasteiger partial charge in [-0.1, -0.05) is 18.8 Å². The first kappa shape index (κ1) is 16.1. The predicted octanol–water partition coefficient (Wildman–Crippen LogP) is 2.88. The van der Waals surface area contributed by atoms with Crippen LogP contribution in [0, 0.1) is 23.7 Å². The summed E-state index contributed by atoms with van der Waals surface area (Å²) in [5.74, 6) is 6.79. The molecule has 1 fully saturated rings. The van der Waals surface area contributed by atoms with E-state index in [9.17, 15) is 4.79 Å². The van der Waals surface area contributed by atoms with Gasteiger partial charge in [0.15, 0.2) is 0 Å². The number of carbonyl (C=O) groups excluding carboxylic acids is 1. The molecule has 0 bridgehead atoms. The highest BCUT2D eigenvalue weighted by Crippen LogP contribution is 2.29. The maximum atomic E-state index is 12.5. The summed E-state index contributed by atoms with van der Waals surface area (Å²) >= 11 is 1.56. The van der Waals surface area contributed by atoms with Gasteiger partial charge in [-0.05, 0) is 48.6 Å². The van der Waals surface area contributed by atoms with Gasteiger partial charge >= 0.3 is 0 Å². The van der Waals surface area contributed by atoms with Crippen LogP contribution in [0.15, 0.2) is 11.4 Å². The molecule has 0 aromatic carbocycles. The topological polar surface area (TPSA) is 40.5 Å². The summed E-state index contributed by atoms with van der Waals surface area (Å²) in [4.78, 5) is 15.2. The number of nitrogens with zero attached hydrogens (tertiary/aromatic N) is 1. The van der Waals surface area contributed by atoms with Gasteiger partial charge in [0.25, 0.3) is 0 Å². The maximum Gasteiger partial charge on any atom is 0.225 e. The second-order valence-electron chi connectivity index (χ2n) is 5.93. The van der Waals surface area contributed by atoms with Crippen molar-refractivity contribution in [2.45, 2.75) is 39.2 Å². The summed E-state index contributed by atoms with van der Waals surface area (Å²) in [6.07, 6.45) is 4.40. The predicted molar refractivity (Wildman–Crippen MR) is 85.9 cm³/mol. The molecule has 0 atom stereocenters. The minimum atomic E-state index is -0.119. The first-order valence-electron chi connectivity index (χ1n) is 7.52. The van der Waals surface area contributed by atoms with Crippen LogP contribution in [0.1, 0.15) is 43.0 Å². The van der Waals surface area contributed by atoms with Crippen LogP contribution in [0.2, 0.25) is 0 Å². The molecular formula is C17H23NO2S. The number of thiophene rings is 1. The quantitative estimate of drug-likeness (QED) is 0.872. The van der Waals surface area contributed by atoms with E-state index in [0.29, 0.717) is 6.54 Å². The van der Waals surface area contributed by atoms with Crippen LogP contribution in [0.5, 0.6) is 0 Å². The van der Waals surface area contributed by atoms with Gasteiger partial charge in [-0.15, -0.1) is 11.3 Å². The van der Waals surface area contributed by atoms with E-state index < -0.39 is 0 Å². The molecule has 1 aliphatic carbocycles. The van der Waals surface area contributed by atoms with Gasteiger partial charge in [-0.2, -0.15) is 0 Å². The lowest BCUT2D eigenvalue weighted by atomic mass is 9.82. The zero-order chi connectivity index (χ0) is 15.2. The molecule has 1 aromatic heterocycles. The van der Waals surface area contributed by atoms with Crippen LogP contribution in [-0.4, -0.2) is 29.6 Å². The van der Waals surface area contributed by atoms with Crippen molar-refractivity contribution in [1.29, 1.82) is 0 Å². The summed E-state index contributed by atoms with van der Waals surface area (Å²) in [5.41, 5.74) is 1.11. The van der Waals surface area contributed by atoms with Crippen molar-refractivity contribution >= 4 is 17.2 Å². The Bertz CT molecular complexity index is 532. The third kappa shape index (κ3) is 4.59. The lowest BCUT2D eigenvalue weighted by Crippen LogP contribution is -2.34. The minimum Gasteiger partial charge on any atom is -0.384 e. The zero-order valence-electron chi connectivity index (χ0n) is 12.8. The van der Waals surface area contributed by atoms with Gasteiger partial charge < -0.3 is 10.0 Å². The van der Waals surface area contributed by atoms with E-state index in [0.717, 1.165) is 29.2 Å². The largest absolute Gasteiger partial charge is 0.384 e. The van der Waals surface area contributed by atoms with Gasteiger partial charge in [0.1, 0.15) is 6.61 Å². The summed E-state index contributed by atoms with van der Waals surface area (Å²) in [6.45, 7) is 2.79. The molecule has 1 N–H and O–H groups in total. The number of carbonyl (C=O) groups is 1. The molecule has 0 spiro atoms. The highest BCUT2D eigenvalue weighted by molar-refractivity contribution is 7.10. The monoisotopic (exact) mass is 305 g/mol. The molecule has 0 unspecified atom stereocenters. The Morgan fingerprint density at radius 3 is 2.81 bits per heavy atom. The van der Waals surface area contributed by atoms with Crippen molar-refractivity contribution in [1.82, 2.24) is 4.90 Å². The Balaban J connectivity index is 1.89. The Kier molecular flexibility index (Phi) is 5.84. The molecule has 1 saturated carbocycles. The molecule has 0 aliphatic heterocycles. The van der Waals surface area contributed by atoms with Gasteiger partial charge in [-0.3, -0.25) is 4.79 Å². The van der Waals surface area contributed by atoms with Crippen LogP contribution >= 0.6 is 11.3 Å². The molecule has 4 heteroatoms. The second-order valence-corrected chi connectivity index (χ2v) is 6.84. The second kappa shape index (κ2) is 7.63. The average Bonchev–Trinajstić information content (AvgIpc) is 2.92. The summed E-state index contributed by atoms with van der Waals surface area (Å²) in [5, 5.41) is 10.7. The van der Waals surface area contributed by atoms with E-state index >= 15 is 0 Å². The molecular weight excluding hydrogens is 282 g/mol. The van der Waals surface area contributed by atoms with E-state index in [1.165, 1.54) is 12.8 Å². The normalized spacial score (nSPS) is 21.5. The van der Waals surface area contributed by atoms with Gasteiger partial charge in [0, 0.05) is 19.5 Å². The van der Waals surface area contributed by atoms with E-state index in [2.05, 4.69) is 18.8 Å². The Labute approximate surface area is 131 Å². The van der Waals surface area contributed by atoms with Gasteiger partial charge in [-0.25, -0.2) is 0 Å². The van der Waals surface area contributed by atoms with Crippen LogP contribution in [0.25, 0.3) is 0 Å². The van der Waals surface area contributed by atoms with Crippen molar-refractivity contribution in [3.8, 4) is 11.8 Å². The summed E-state index contributed by atoms with van der Waals surface area (Å²) in [6, 6.07) is 2.00. The van der Waals surface area contributed by atoms with E-state index in [1.54, 1.807) is 11.3 Å². The van der Waals surface area contributed by atoms with E-state index in [-0.39, 0.29) is 18.4 Å². The number of hydrogen-bond donors (Lipinski definition) is 1. The number of aliphatic hydroxyl groups is 1. The maximum absolute atomic E-state index is 12.5. The summed E-state index contributed by atoms with van der Waals surface area (Å²) in [7, 11) is 1.89. The smallest absolute Gasteiger partial charge is 0.225 e. The van der Waals surface area contributed by atoms with Crippen LogP contribution < -0.4 is 0 Å². The van der Waals surface area contributed by atoms with Crippen molar-refractivity contribution in [2.75, 3.05) is 13.7 Å². The fourth-order valence-electron chi connectivity index (χ4n) is 2.82. The van der Waals surface area contributed by atoms with Crippen molar-refractivity contribution in [3.05, 3.63) is 21.9 Å². The highest BCUT2D eigenvalue weighted by Gasteiger charge is 2.26. The lowest BCUT2D eigenvalue weighted by molar-refractivity contribution is -0.136. The van der Waals surface area contributed by atoms with Crippen molar-refractivity contribution in [3.63, 3.8) is 0 Å². The Morgan fingerprint density at radius 2 is 2.14 bits per heavy atom. The number of aliphatic hydroxyl groups excluding tert-OH is 1. The Hall–Kier alpha value is -1.31. The number of rotatable bonds is 3. The molecule has 3 nitrogen and oxygen atoms in total. The SMILES string of the molecule is CC1CCC(C(=O)N(C)Cc2csc(C#CCO)c2)CC1. The van der Waals surface area contributed by atoms with Crippen LogP contribution in [-0.2, 0) is 11.3 Å². The first-order chi connectivity index (χ1) is 10.1. The fourth-order valence-corrected chi connectivity index (χ4v) is 3.59. The molecule has 21 heavy (non-hydrogen) atoms. The van der Waals surface area contributed by atoms with Crippen molar-refractivity contribution in [2.24, 2.45) is 11.8 Å². The van der Waals surface area contributed by atoms with Crippen LogP contribution in [0.3, 0.4) is 0 Å². The average molecular weight is 305 g/mol. The highest BCUT2D eigenvalue weighted by atomic mass is 32.1. The lowest BCUT2D eigenvalue weighted by Gasteiger charge is -2.28. The molecule has 0 saturated heterocycles. The van der Waals surface area contributed by atoms with E-state index in [1.807, 2.05) is 23.4 Å². The van der Waals surface area contributed by atoms with E-state index in [4.69, 9.17) is 5.11 Å². The molecule has 1 amide bonds. The zero-order valence-corrected chi connectivity index (χ0v) is 13.6. The number of amides is 1. The van der Waals surface area contributed by atoms with Gasteiger partial charge in [0.05, 0.1) is 4.88 Å². The minimum absolute atomic E-state index is 0.119. The number of hydrogen-bond acceptors (Lipinski definition) is 3. The molecule has 114 valence electrons. The fraction of sp³-hybridized carbons (Fsp3) is 0.588. The molecule has 1 aliphatic rings. The third-order valence-electron chi connectivity index (χ3n) is 4.11. The molecule has 0 radical (unpaired) electrons. The van der Waals surface area contributed by atoms with Crippen LogP contribution in [0.4, 0.5) is 0 Å².